The molecule has 1 heterocycles. The highest BCUT2D eigenvalue weighted by Crippen LogP contribution is 2.29. The van der Waals surface area contributed by atoms with Crippen molar-refractivity contribution in [2.24, 2.45) is 0 Å². The molecule has 2 rings (SSSR count). The van der Waals surface area contributed by atoms with E-state index in [1.54, 1.807) is 6.07 Å². The van der Waals surface area contributed by atoms with Gasteiger partial charge < -0.3 is 14.2 Å². The Morgan fingerprint density at radius 1 is 1.53 bits per heavy atom. The Hall–Kier alpha value is -1.55. The number of rotatable bonds is 4. The Balaban J connectivity index is 2.12. The minimum absolute atomic E-state index is 0.578. The molecule has 0 N–H and O–H groups in total. The predicted octanol–water partition coefficient (Wildman–Crippen LogP) is 1.17. The summed E-state index contributed by atoms with van der Waals surface area (Å²) in [5.74, 6) is 1.41. The van der Waals surface area contributed by atoms with E-state index >= 15 is 0 Å². The molecular formula is C11H12O4. The molecule has 1 aromatic carbocycles. The van der Waals surface area contributed by atoms with Gasteiger partial charge in [0.2, 0.25) is 0 Å². The lowest BCUT2D eigenvalue weighted by molar-refractivity contribution is -0.132. The third kappa shape index (κ3) is 2.10. The van der Waals surface area contributed by atoms with Crippen LogP contribution in [0.3, 0.4) is 0 Å². The Morgan fingerprint density at radius 2 is 2.40 bits per heavy atom. The molecule has 0 spiro atoms. The molecule has 0 amide bonds. The number of benzene rings is 1. The largest absolute Gasteiger partial charge is 0.493 e. The lowest BCUT2D eigenvalue weighted by atomic mass is 10.2. The molecule has 15 heavy (non-hydrogen) atoms. The zero-order valence-electron chi connectivity index (χ0n) is 8.43. The highest BCUT2D eigenvalue weighted by molar-refractivity contribution is 5.55. The van der Waals surface area contributed by atoms with E-state index in [-0.39, 0.29) is 0 Å². The van der Waals surface area contributed by atoms with Crippen LogP contribution in [0.1, 0.15) is 5.56 Å². The van der Waals surface area contributed by atoms with Crippen molar-refractivity contribution in [3.8, 4) is 11.5 Å². The standard InChI is InChI=1S/C11H12O4/c1-13-11(7-12)15-9-3-2-8-4-5-14-10(8)6-9/h2-3,6-7,11H,4-5H2,1H3. The molecule has 1 aliphatic heterocycles. The quantitative estimate of drug-likeness (QED) is 0.550. The van der Waals surface area contributed by atoms with Gasteiger partial charge in [0.25, 0.3) is 6.29 Å². The maximum absolute atomic E-state index is 10.5. The van der Waals surface area contributed by atoms with Gasteiger partial charge in [0.05, 0.1) is 6.61 Å². The molecule has 0 fully saturated rings. The van der Waals surface area contributed by atoms with Gasteiger partial charge >= 0.3 is 0 Å². The normalized spacial score (nSPS) is 15.3. The van der Waals surface area contributed by atoms with Gasteiger partial charge in [0.15, 0.2) is 6.29 Å². The van der Waals surface area contributed by atoms with E-state index in [2.05, 4.69) is 0 Å². The summed E-state index contributed by atoms with van der Waals surface area (Å²) >= 11 is 0. The van der Waals surface area contributed by atoms with Gasteiger partial charge in [0.1, 0.15) is 11.5 Å². The van der Waals surface area contributed by atoms with Gasteiger partial charge in [-0.2, -0.15) is 0 Å². The highest BCUT2D eigenvalue weighted by Gasteiger charge is 2.14. The molecule has 0 aromatic heterocycles. The fourth-order valence-electron chi connectivity index (χ4n) is 1.49. The second-order valence-electron chi connectivity index (χ2n) is 3.23. The van der Waals surface area contributed by atoms with Gasteiger partial charge in [0, 0.05) is 19.6 Å². The second-order valence-corrected chi connectivity index (χ2v) is 3.23. The second kappa shape index (κ2) is 4.31. The number of hydrogen-bond acceptors (Lipinski definition) is 4. The molecule has 0 aliphatic carbocycles. The van der Waals surface area contributed by atoms with Crippen LogP contribution >= 0.6 is 0 Å². The van der Waals surface area contributed by atoms with E-state index in [1.807, 2.05) is 12.1 Å². The van der Waals surface area contributed by atoms with E-state index in [9.17, 15) is 4.79 Å². The lowest BCUT2D eigenvalue weighted by Crippen LogP contribution is -2.19. The average molecular weight is 208 g/mol. The highest BCUT2D eigenvalue weighted by atomic mass is 16.7. The van der Waals surface area contributed by atoms with Gasteiger partial charge in [-0.1, -0.05) is 6.07 Å². The zero-order chi connectivity index (χ0) is 10.7. The van der Waals surface area contributed by atoms with Crippen LogP contribution in [-0.2, 0) is 16.0 Å². The summed E-state index contributed by atoms with van der Waals surface area (Å²) in [5.41, 5.74) is 1.17. The van der Waals surface area contributed by atoms with E-state index in [0.717, 1.165) is 12.2 Å². The first kappa shape index (κ1) is 9.98. The van der Waals surface area contributed by atoms with Gasteiger partial charge in [-0.15, -0.1) is 0 Å². The fourth-order valence-corrected chi connectivity index (χ4v) is 1.49. The summed E-state index contributed by atoms with van der Waals surface area (Å²) in [5, 5.41) is 0. The molecule has 0 bridgehead atoms. The van der Waals surface area contributed by atoms with Crippen molar-refractivity contribution in [3.63, 3.8) is 0 Å². The lowest BCUT2D eigenvalue weighted by Gasteiger charge is -2.11. The van der Waals surface area contributed by atoms with Crippen molar-refractivity contribution >= 4 is 6.29 Å². The van der Waals surface area contributed by atoms with Crippen LogP contribution in [0.5, 0.6) is 11.5 Å². The van der Waals surface area contributed by atoms with Crippen molar-refractivity contribution in [2.45, 2.75) is 12.7 Å². The van der Waals surface area contributed by atoms with Gasteiger partial charge in [-0.3, -0.25) is 4.79 Å². The van der Waals surface area contributed by atoms with E-state index < -0.39 is 6.29 Å². The number of hydrogen-bond donors (Lipinski definition) is 0. The number of carbonyl (C=O) groups is 1. The van der Waals surface area contributed by atoms with Crippen LogP contribution < -0.4 is 9.47 Å². The smallest absolute Gasteiger partial charge is 0.256 e. The zero-order valence-corrected chi connectivity index (χ0v) is 8.43. The number of fused-ring (bicyclic) bond motifs is 1. The molecule has 4 heteroatoms. The number of ether oxygens (including phenoxy) is 3. The van der Waals surface area contributed by atoms with Crippen LogP contribution in [-0.4, -0.2) is 26.3 Å². The van der Waals surface area contributed by atoms with Crippen LogP contribution in [0.4, 0.5) is 0 Å². The van der Waals surface area contributed by atoms with Crippen LogP contribution in [0, 0.1) is 0 Å². The number of aldehydes is 1. The van der Waals surface area contributed by atoms with Crippen molar-refractivity contribution in [1.82, 2.24) is 0 Å². The summed E-state index contributed by atoms with van der Waals surface area (Å²) in [6.07, 6.45) is 0.676. The Bertz CT molecular complexity index is 362. The monoisotopic (exact) mass is 208 g/mol. The Labute approximate surface area is 87.8 Å². The van der Waals surface area contributed by atoms with Gasteiger partial charge in [-0.25, -0.2) is 0 Å². The summed E-state index contributed by atoms with van der Waals surface area (Å²) in [6.45, 7) is 0.709. The summed E-state index contributed by atoms with van der Waals surface area (Å²) < 4.78 is 15.4. The molecule has 4 nitrogen and oxygen atoms in total. The fraction of sp³-hybridized carbons (Fsp3) is 0.364. The van der Waals surface area contributed by atoms with Crippen molar-refractivity contribution in [3.05, 3.63) is 23.8 Å². The third-order valence-electron chi connectivity index (χ3n) is 2.26. The van der Waals surface area contributed by atoms with Crippen LogP contribution in [0.25, 0.3) is 0 Å². The topological polar surface area (TPSA) is 44.8 Å². The molecular weight excluding hydrogens is 196 g/mol. The summed E-state index contributed by atoms with van der Waals surface area (Å²) in [6, 6.07) is 5.52. The van der Waals surface area contributed by atoms with E-state index in [4.69, 9.17) is 14.2 Å². The maximum atomic E-state index is 10.5. The number of carbonyl (C=O) groups excluding carboxylic acids is 1. The summed E-state index contributed by atoms with van der Waals surface area (Å²) in [7, 11) is 1.42. The number of methoxy groups -OCH3 is 1. The predicted molar refractivity (Wildman–Crippen MR) is 53.1 cm³/mol. The molecule has 0 saturated carbocycles. The molecule has 1 unspecified atom stereocenters. The SMILES string of the molecule is COC(C=O)Oc1ccc2c(c1)OCC2. The summed E-state index contributed by atoms with van der Waals surface area (Å²) in [4.78, 5) is 10.5. The average Bonchev–Trinajstić information content (AvgIpc) is 2.73. The molecule has 0 radical (unpaired) electrons. The minimum Gasteiger partial charge on any atom is -0.493 e. The first-order chi connectivity index (χ1) is 7.33. The third-order valence-corrected chi connectivity index (χ3v) is 2.26. The molecule has 80 valence electrons. The van der Waals surface area contributed by atoms with E-state index in [1.165, 1.54) is 12.7 Å². The van der Waals surface area contributed by atoms with Crippen LogP contribution in [0.15, 0.2) is 18.2 Å². The Kier molecular flexibility index (Phi) is 2.87. The molecule has 0 saturated heterocycles. The first-order valence-electron chi connectivity index (χ1n) is 4.74. The molecule has 1 atom stereocenters. The minimum atomic E-state index is -0.857. The molecule has 1 aromatic rings. The van der Waals surface area contributed by atoms with E-state index in [0.29, 0.717) is 18.6 Å². The molecule has 1 aliphatic rings. The van der Waals surface area contributed by atoms with Crippen LogP contribution in [0.2, 0.25) is 0 Å². The van der Waals surface area contributed by atoms with Gasteiger partial charge in [-0.05, 0) is 11.6 Å². The van der Waals surface area contributed by atoms with Crippen molar-refractivity contribution in [1.29, 1.82) is 0 Å². The first-order valence-corrected chi connectivity index (χ1v) is 4.74. The maximum Gasteiger partial charge on any atom is 0.256 e. The van der Waals surface area contributed by atoms with Crippen molar-refractivity contribution in [2.75, 3.05) is 13.7 Å². The Morgan fingerprint density at radius 3 is 3.13 bits per heavy atom. The van der Waals surface area contributed by atoms with Crippen molar-refractivity contribution < 1.29 is 19.0 Å².